The molecular formula is C13H20N2O2S. The molecule has 1 aliphatic rings. The van der Waals surface area contributed by atoms with Crippen LogP contribution in [0.3, 0.4) is 0 Å². The molecule has 1 aromatic carbocycles. The highest BCUT2D eigenvalue weighted by Crippen LogP contribution is 2.27. The maximum Gasteiger partial charge on any atom is 0.237 e. The Labute approximate surface area is 109 Å². The number of benzene rings is 1. The first-order valence-corrected chi connectivity index (χ1v) is 7.76. The molecule has 0 aromatic heterocycles. The van der Waals surface area contributed by atoms with Crippen molar-refractivity contribution in [3.63, 3.8) is 0 Å². The van der Waals surface area contributed by atoms with Gasteiger partial charge in [0.2, 0.25) is 10.0 Å². The van der Waals surface area contributed by atoms with E-state index in [-0.39, 0.29) is 6.04 Å². The first kappa shape index (κ1) is 13.4. The van der Waals surface area contributed by atoms with E-state index in [1.54, 1.807) is 18.2 Å². The second kappa shape index (κ2) is 4.90. The van der Waals surface area contributed by atoms with Crippen molar-refractivity contribution in [2.75, 3.05) is 10.8 Å². The van der Waals surface area contributed by atoms with Crippen molar-refractivity contribution in [2.24, 2.45) is 0 Å². The normalized spacial score (nSPS) is 20.7. The lowest BCUT2D eigenvalue weighted by Crippen LogP contribution is -2.42. The molecule has 5 heteroatoms. The number of anilines is 1. The molecule has 2 rings (SSSR count). The first-order chi connectivity index (χ1) is 8.43. The number of fused-ring (bicyclic) bond motifs is 1. The highest BCUT2D eigenvalue weighted by molar-refractivity contribution is 7.93. The fraction of sp³-hybridized carbons (Fsp3) is 0.538. The number of nitrogens with one attached hydrogen (secondary N) is 1. The lowest BCUT2D eigenvalue weighted by molar-refractivity contribution is 0.552. The molecule has 100 valence electrons. The highest BCUT2D eigenvalue weighted by Gasteiger charge is 2.30. The predicted molar refractivity (Wildman–Crippen MR) is 74.1 cm³/mol. The summed E-state index contributed by atoms with van der Waals surface area (Å²) in [5.41, 5.74) is 1.84. The Morgan fingerprint density at radius 3 is 2.67 bits per heavy atom. The van der Waals surface area contributed by atoms with Crippen molar-refractivity contribution in [2.45, 2.75) is 38.6 Å². The van der Waals surface area contributed by atoms with Crippen LogP contribution in [0.25, 0.3) is 0 Å². The van der Waals surface area contributed by atoms with Crippen LogP contribution in [0.4, 0.5) is 5.69 Å². The first-order valence-electron chi connectivity index (χ1n) is 6.25. The topological polar surface area (TPSA) is 49.4 Å². The summed E-state index contributed by atoms with van der Waals surface area (Å²) in [5.74, 6) is 0. The molecule has 1 aliphatic heterocycles. The van der Waals surface area contributed by atoms with Gasteiger partial charge in [0.15, 0.2) is 0 Å². The number of sulfonamides is 1. The van der Waals surface area contributed by atoms with Crippen LogP contribution in [0.5, 0.6) is 0 Å². The minimum atomic E-state index is -3.28. The number of para-hydroxylation sites is 1. The largest absolute Gasteiger partial charge is 0.308 e. The van der Waals surface area contributed by atoms with Gasteiger partial charge in [-0.3, -0.25) is 4.31 Å². The molecule has 1 atom stereocenters. The smallest absolute Gasteiger partial charge is 0.237 e. The molecule has 1 N–H and O–H groups in total. The summed E-state index contributed by atoms with van der Waals surface area (Å²) in [6, 6.07) is 7.83. The Bertz CT molecular complexity index is 526. The summed E-state index contributed by atoms with van der Waals surface area (Å²) in [5, 5.41) is 2.93. The molecule has 0 aliphatic carbocycles. The standard InChI is InChI=1S/C13H20N2O2S/c1-10(2)18(16,17)15-9-11(3)14-8-12-6-4-5-7-13(12)15/h4-7,10-11,14H,8-9H2,1-3H3. The fourth-order valence-electron chi connectivity index (χ4n) is 2.09. The summed E-state index contributed by atoms with van der Waals surface area (Å²) in [6.07, 6.45) is 0. The van der Waals surface area contributed by atoms with E-state index in [0.29, 0.717) is 13.1 Å². The summed E-state index contributed by atoms with van der Waals surface area (Å²) in [4.78, 5) is 0. The molecule has 1 unspecified atom stereocenters. The monoisotopic (exact) mass is 268 g/mol. The minimum absolute atomic E-state index is 0.144. The average Bonchev–Trinajstić information content (AvgIpc) is 2.49. The van der Waals surface area contributed by atoms with E-state index in [1.165, 1.54) is 0 Å². The average molecular weight is 268 g/mol. The van der Waals surface area contributed by atoms with E-state index in [0.717, 1.165) is 11.3 Å². The molecule has 0 amide bonds. The van der Waals surface area contributed by atoms with Gasteiger partial charge in [0, 0.05) is 19.1 Å². The fourth-order valence-corrected chi connectivity index (χ4v) is 3.49. The van der Waals surface area contributed by atoms with Crippen LogP contribution in [-0.4, -0.2) is 26.3 Å². The van der Waals surface area contributed by atoms with Crippen molar-refractivity contribution < 1.29 is 8.42 Å². The minimum Gasteiger partial charge on any atom is -0.308 e. The lowest BCUT2D eigenvalue weighted by Gasteiger charge is -2.27. The van der Waals surface area contributed by atoms with Crippen molar-refractivity contribution in [3.05, 3.63) is 29.8 Å². The molecule has 0 bridgehead atoms. The third-order valence-corrected chi connectivity index (χ3v) is 5.40. The lowest BCUT2D eigenvalue weighted by atomic mass is 10.2. The van der Waals surface area contributed by atoms with Gasteiger partial charge in [-0.1, -0.05) is 18.2 Å². The zero-order valence-electron chi connectivity index (χ0n) is 11.1. The van der Waals surface area contributed by atoms with Gasteiger partial charge in [-0.15, -0.1) is 0 Å². The summed E-state index contributed by atoms with van der Waals surface area (Å²) in [6.45, 7) is 6.65. The molecule has 0 spiro atoms. The third-order valence-electron chi connectivity index (χ3n) is 3.24. The molecular weight excluding hydrogens is 248 g/mol. The Kier molecular flexibility index (Phi) is 3.64. The van der Waals surface area contributed by atoms with E-state index >= 15 is 0 Å². The molecule has 1 aromatic rings. The molecule has 0 fully saturated rings. The van der Waals surface area contributed by atoms with Gasteiger partial charge in [0.1, 0.15) is 0 Å². The second-order valence-corrected chi connectivity index (χ2v) is 7.45. The van der Waals surface area contributed by atoms with E-state index < -0.39 is 15.3 Å². The van der Waals surface area contributed by atoms with Crippen molar-refractivity contribution >= 4 is 15.7 Å². The SMILES string of the molecule is CC1CN(S(=O)(=O)C(C)C)c2ccccc2CN1. The van der Waals surface area contributed by atoms with Crippen LogP contribution in [0.15, 0.2) is 24.3 Å². The van der Waals surface area contributed by atoms with Crippen LogP contribution >= 0.6 is 0 Å². The molecule has 0 saturated carbocycles. The van der Waals surface area contributed by atoms with E-state index in [4.69, 9.17) is 0 Å². The van der Waals surface area contributed by atoms with Gasteiger partial charge in [-0.25, -0.2) is 8.42 Å². The van der Waals surface area contributed by atoms with Gasteiger partial charge in [0.05, 0.1) is 10.9 Å². The zero-order chi connectivity index (χ0) is 13.3. The van der Waals surface area contributed by atoms with Crippen LogP contribution in [0, 0.1) is 0 Å². The molecule has 0 radical (unpaired) electrons. The van der Waals surface area contributed by atoms with E-state index in [1.807, 2.05) is 31.2 Å². The van der Waals surface area contributed by atoms with E-state index in [9.17, 15) is 8.42 Å². The van der Waals surface area contributed by atoms with Gasteiger partial charge in [0.25, 0.3) is 0 Å². The third kappa shape index (κ3) is 2.37. The van der Waals surface area contributed by atoms with E-state index in [2.05, 4.69) is 5.32 Å². The quantitative estimate of drug-likeness (QED) is 0.888. The Hall–Kier alpha value is -1.07. The Morgan fingerprint density at radius 1 is 1.33 bits per heavy atom. The molecule has 1 heterocycles. The van der Waals surface area contributed by atoms with Gasteiger partial charge < -0.3 is 5.32 Å². The molecule has 4 nitrogen and oxygen atoms in total. The Morgan fingerprint density at radius 2 is 2.00 bits per heavy atom. The number of hydrogen-bond acceptors (Lipinski definition) is 3. The Balaban J connectivity index is 2.52. The maximum absolute atomic E-state index is 12.4. The van der Waals surface area contributed by atoms with Crippen LogP contribution in [-0.2, 0) is 16.6 Å². The van der Waals surface area contributed by atoms with Crippen molar-refractivity contribution in [3.8, 4) is 0 Å². The predicted octanol–water partition coefficient (Wildman–Crippen LogP) is 1.72. The number of nitrogens with zero attached hydrogens (tertiary/aromatic N) is 1. The molecule has 0 saturated heterocycles. The maximum atomic E-state index is 12.4. The van der Waals surface area contributed by atoms with Crippen LogP contribution in [0.2, 0.25) is 0 Å². The van der Waals surface area contributed by atoms with Crippen LogP contribution in [0.1, 0.15) is 26.3 Å². The van der Waals surface area contributed by atoms with Gasteiger partial charge in [-0.2, -0.15) is 0 Å². The summed E-state index contributed by atoms with van der Waals surface area (Å²) >= 11 is 0. The van der Waals surface area contributed by atoms with Gasteiger partial charge >= 0.3 is 0 Å². The number of hydrogen-bond donors (Lipinski definition) is 1. The van der Waals surface area contributed by atoms with Crippen LogP contribution < -0.4 is 9.62 Å². The number of rotatable bonds is 2. The summed E-state index contributed by atoms with van der Waals surface area (Å²) < 4.78 is 26.4. The molecule has 18 heavy (non-hydrogen) atoms. The van der Waals surface area contributed by atoms with Gasteiger partial charge in [-0.05, 0) is 32.4 Å². The summed E-state index contributed by atoms with van der Waals surface area (Å²) in [7, 11) is -3.28. The van der Waals surface area contributed by atoms with Crippen molar-refractivity contribution in [1.29, 1.82) is 0 Å². The zero-order valence-corrected chi connectivity index (χ0v) is 11.9. The highest BCUT2D eigenvalue weighted by atomic mass is 32.2. The van der Waals surface area contributed by atoms with Crippen molar-refractivity contribution in [1.82, 2.24) is 5.32 Å². The second-order valence-electron chi connectivity index (χ2n) is 5.04.